The minimum atomic E-state index is -0.745. The molecule has 7 nitrogen and oxygen atoms in total. The zero-order valence-electron chi connectivity index (χ0n) is 10.7. The van der Waals surface area contributed by atoms with E-state index >= 15 is 0 Å². The highest BCUT2D eigenvalue weighted by Crippen LogP contribution is 2.18. The van der Waals surface area contributed by atoms with Gasteiger partial charge in [-0.15, -0.1) is 0 Å². The predicted octanol–water partition coefficient (Wildman–Crippen LogP) is -1.69. The molecule has 3 amide bonds. The van der Waals surface area contributed by atoms with Crippen molar-refractivity contribution >= 4 is 17.7 Å². The van der Waals surface area contributed by atoms with E-state index in [4.69, 9.17) is 11.5 Å². The Balaban J connectivity index is 2.67. The van der Waals surface area contributed by atoms with Gasteiger partial charge in [0.15, 0.2) is 0 Å². The summed E-state index contributed by atoms with van der Waals surface area (Å²) in [5.41, 5.74) is 10.6. The van der Waals surface area contributed by atoms with Gasteiger partial charge in [0, 0.05) is 6.54 Å². The molecule has 3 atom stereocenters. The van der Waals surface area contributed by atoms with E-state index in [0.29, 0.717) is 13.0 Å². The Kier molecular flexibility index (Phi) is 4.66. The molecule has 1 aliphatic heterocycles. The minimum absolute atomic E-state index is 0.251. The summed E-state index contributed by atoms with van der Waals surface area (Å²) in [6.07, 6.45) is 1.33. The quantitative estimate of drug-likeness (QED) is 0.556. The van der Waals surface area contributed by atoms with Crippen LogP contribution in [0.5, 0.6) is 0 Å². The molecule has 5 N–H and O–H groups in total. The Morgan fingerprint density at radius 1 is 1.33 bits per heavy atom. The first-order chi connectivity index (χ1) is 8.34. The number of hydrogen-bond donors (Lipinski definition) is 3. The van der Waals surface area contributed by atoms with Gasteiger partial charge in [0.1, 0.15) is 12.1 Å². The van der Waals surface area contributed by atoms with Gasteiger partial charge in [0.05, 0.1) is 6.04 Å². The monoisotopic (exact) mass is 256 g/mol. The van der Waals surface area contributed by atoms with Crippen molar-refractivity contribution in [3.05, 3.63) is 0 Å². The van der Waals surface area contributed by atoms with Crippen LogP contribution in [0.15, 0.2) is 0 Å². The number of hydrogen-bond acceptors (Lipinski definition) is 4. The van der Waals surface area contributed by atoms with Crippen molar-refractivity contribution in [2.24, 2.45) is 11.5 Å². The number of rotatable bonds is 4. The average Bonchev–Trinajstić information content (AvgIpc) is 2.76. The largest absolute Gasteiger partial charge is 0.368 e. The van der Waals surface area contributed by atoms with Crippen molar-refractivity contribution < 1.29 is 14.4 Å². The second-order valence-electron chi connectivity index (χ2n) is 4.61. The van der Waals surface area contributed by atoms with Crippen LogP contribution in [-0.2, 0) is 14.4 Å². The molecule has 0 spiro atoms. The van der Waals surface area contributed by atoms with Crippen LogP contribution in [-0.4, -0.2) is 47.3 Å². The van der Waals surface area contributed by atoms with Crippen LogP contribution < -0.4 is 16.8 Å². The molecule has 0 unspecified atom stereocenters. The summed E-state index contributed by atoms with van der Waals surface area (Å²) < 4.78 is 0. The number of nitrogens with zero attached hydrogens (tertiary/aromatic N) is 1. The van der Waals surface area contributed by atoms with E-state index in [9.17, 15) is 14.4 Å². The Morgan fingerprint density at radius 3 is 2.44 bits per heavy atom. The summed E-state index contributed by atoms with van der Waals surface area (Å²) in [6, 6.07) is -1.93. The number of likely N-dealkylation sites (tertiary alicyclic amines) is 1. The number of nitrogens with one attached hydrogen (secondary N) is 1. The molecule has 1 aliphatic rings. The molecule has 1 rings (SSSR count). The van der Waals surface area contributed by atoms with Crippen LogP contribution in [0.25, 0.3) is 0 Å². The van der Waals surface area contributed by atoms with E-state index in [1.807, 2.05) is 0 Å². The van der Waals surface area contributed by atoms with Crippen LogP contribution >= 0.6 is 0 Å². The Morgan fingerprint density at radius 2 is 1.94 bits per heavy atom. The van der Waals surface area contributed by atoms with Gasteiger partial charge in [-0.05, 0) is 26.7 Å². The fraction of sp³-hybridized carbons (Fsp3) is 0.727. The van der Waals surface area contributed by atoms with E-state index in [-0.39, 0.29) is 11.8 Å². The second-order valence-corrected chi connectivity index (χ2v) is 4.61. The molecule has 1 saturated heterocycles. The van der Waals surface area contributed by atoms with Gasteiger partial charge in [0.2, 0.25) is 17.7 Å². The van der Waals surface area contributed by atoms with E-state index in [1.54, 1.807) is 6.92 Å². The first kappa shape index (κ1) is 14.4. The van der Waals surface area contributed by atoms with E-state index in [1.165, 1.54) is 11.8 Å². The molecule has 0 aromatic rings. The Bertz CT molecular complexity index is 356. The normalized spacial score (nSPS) is 22.4. The zero-order valence-corrected chi connectivity index (χ0v) is 10.7. The summed E-state index contributed by atoms with van der Waals surface area (Å²) >= 11 is 0. The molecule has 1 fully saturated rings. The van der Waals surface area contributed by atoms with Gasteiger partial charge in [-0.1, -0.05) is 0 Å². The molecule has 0 aromatic heterocycles. The molecular formula is C11H20N4O3. The SMILES string of the molecule is C[C@H](N)C(=O)N1CCC[C@H]1C(=O)N[C@@H](C)C(N)=O. The highest BCUT2D eigenvalue weighted by Gasteiger charge is 2.35. The number of primary amides is 1. The van der Waals surface area contributed by atoms with Gasteiger partial charge >= 0.3 is 0 Å². The number of carbonyl (C=O) groups excluding carboxylic acids is 3. The van der Waals surface area contributed by atoms with Gasteiger partial charge in [0.25, 0.3) is 0 Å². The fourth-order valence-corrected chi connectivity index (χ4v) is 1.95. The maximum absolute atomic E-state index is 11.9. The topological polar surface area (TPSA) is 119 Å². The van der Waals surface area contributed by atoms with Gasteiger partial charge in [-0.25, -0.2) is 0 Å². The molecule has 0 bridgehead atoms. The molecule has 0 saturated carbocycles. The zero-order chi connectivity index (χ0) is 13.9. The second kappa shape index (κ2) is 5.81. The van der Waals surface area contributed by atoms with E-state index in [2.05, 4.69) is 5.32 Å². The van der Waals surface area contributed by atoms with Crippen molar-refractivity contribution in [1.29, 1.82) is 0 Å². The first-order valence-electron chi connectivity index (χ1n) is 6.00. The van der Waals surface area contributed by atoms with Crippen molar-refractivity contribution in [2.45, 2.75) is 44.8 Å². The van der Waals surface area contributed by atoms with Crippen LogP contribution in [0.3, 0.4) is 0 Å². The summed E-state index contributed by atoms with van der Waals surface area (Å²) in [5, 5.41) is 2.50. The van der Waals surface area contributed by atoms with Crippen LogP contribution in [0.1, 0.15) is 26.7 Å². The maximum atomic E-state index is 11.9. The van der Waals surface area contributed by atoms with Crippen LogP contribution in [0.4, 0.5) is 0 Å². The van der Waals surface area contributed by atoms with Crippen molar-refractivity contribution in [2.75, 3.05) is 6.54 Å². The van der Waals surface area contributed by atoms with Gasteiger partial charge < -0.3 is 21.7 Å². The van der Waals surface area contributed by atoms with Crippen molar-refractivity contribution in [3.63, 3.8) is 0 Å². The lowest BCUT2D eigenvalue weighted by atomic mass is 10.1. The molecule has 7 heteroatoms. The molecule has 1 heterocycles. The minimum Gasteiger partial charge on any atom is -0.368 e. The lowest BCUT2D eigenvalue weighted by molar-refractivity contribution is -0.139. The molecular weight excluding hydrogens is 236 g/mol. The standard InChI is InChI=1S/C11H20N4O3/c1-6(12)11(18)15-5-3-4-8(15)10(17)14-7(2)9(13)16/h6-8H,3-5,12H2,1-2H3,(H2,13,16)(H,14,17)/t6-,7-,8-/m0/s1. The smallest absolute Gasteiger partial charge is 0.243 e. The third kappa shape index (κ3) is 3.19. The van der Waals surface area contributed by atoms with Crippen molar-refractivity contribution in [3.8, 4) is 0 Å². The molecule has 0 aliphatic carbocycles. The number of amides is 3. The van der Waals surface area contributed by atoms with E-state index < -0.39 is 24.0 Å². The predicted molar refractivity (Wildman–Crippen MR) is 65.2 cm³/mol. The summed E-state index contributed by atoms with van der Waals surface area (Å²) in [6.45, 7) is 3.61. The maximum Gasteiger partial charge on any atom is 0.243 e. The van der Waals surface area contributed by atoms with Crippen LogP contribution in [0, 0.1) is 0 Å². The summed E-state index contributed by atoms with van der Waals surface area (Å²) in [4.78, 5) is 36.1. The lowest BCUT2D eigenvalue weighted by Crippen LogP contribution is -2.53. The third-order valence-electron chi connectivity index (χ3n) is 3.01. The van der Waals surface area contributed by atoms with E-state index in [0.717, 1.165) is 6.42 Å². The Hall–Kier alpha value is -1.63. The van der Waals surface area contributed by atoms with Crippen LogP contribution in [0.2, 0.25) is 0 Å². The summed E-state index contributed by atoms with van der Waals surface area (Å²) in [7, 11) is 0. The molecule has 18 heavy (non-hydrogen) atoms. The molecule has 102 valence electrons. The van der Waals surface area contributed by atoms with Gasteiger partial charge in [-0.2, -0.15) is 0 Å². The number of carbonyl (C=O) groups is 3. The average molecular weight is 256 g/mol. The lowest BCUT2D eigenvalue weighted by Gasteiger charge is -2.26. The molecule has 0 radical (unpaired) electrons. The number of nitrogens with two attached hydrogens (primary N) is 2. The first-order valence-corrected chi connectivity index (χ1v) is 6.00. The highest BCUT2D eigenvalue weighted by molar-refractivity contribution is 5.92. The van der Waals surface area contributed by atoms with Gasteiger partial charge in [-0.3, -0.25) is 14.4 Å². The Labute approximate surface area is 106 Å². The highest BCUT2D eigenvalue weighted by atomic mass is 16.2. The summed E-state index contributed by atoms with van der Waals surface area (Å²) in [5.74, 6) is -1.21. The third-order valence-corrected chi connectivity index (χ3v) is 3.01. The molecule has 0 aromatic carbocycles. The van der Waals surface area contributed by atoms with Crippen molar-refractivity contribution in [1.82, 2.24) is 10.2 Å². The fourth-order valence-electron chi connectivity index (χ4n) is 1.95.